The summed E-state index contributed by atoms with van der Waals surface area (Å²) in [4.78, 5) is 14.9. The van der Waals surface area contributed by atoms with Crippen molar-refractivity contribution in [2.24, 2.45) is 0 Å². The minimum Gasteiger partial charge on any atom is -0.488 e. The summed E-state index contributed by atoms with van der Waals surface area (Å²) in [7, 11) is 0. The number of nitrogens with zero attached hydrogens (tertiary/aromatic N) is 1. The van der Waals surface area contributed by atoms with Crippen molar-refractivity contribution < 1.29 is 14.3 Å². The van der Waals surface area contributed by atoms with E-state index in [2.05, 4.69) is 20.9 Å². The Kier molecular flexibility index (Phi) is 7.41. The van der Waals surface area contributed by atoms with Crippen molar-refractivity contribution in [2.45, 2.75) is 32.6 Å². The third-order valence-corrected chi connectivity index (χ3v) is 2.82. The maximum Gasteiger partial charge on any atom is 0.309 e. The van der Waals surface area contributed by atoms with Crippen LogP contribution < -0.4 is 9.47 Å². The minimum absolute atomic E-state index is 0.241. The van der Waals surface area contributed by atoms with Gasteiger partial charge in [-0.1, -0.05) is 28.8 Å². The summed E-state index contributed by atoms with van der Waals surface area (Å²) in [6.45, 7) is 1.96. The highest BCUT2D eigenvalue weighted by molar-refractivity contribution is 9.09. The molecule has 1 heterocycles. The number of rotatable bonds is 8. The molecule has 1 rings (SSSR count). The lowest BCUT2D eigenvalue weighted by Gasteiger charge is -2.09. The zero-order valence-electron chi connectivity index (χ0n) is 10.5. The number of halogens is 1. The standard InChI is InChI=1S/C13H18BrNO3/c1-11(16)18-13-12(7-6-9-15-13)17-10-5-3-2-4-8-14/h6-7,9H,2-5,8,10H2,1H3. The van der Waals surface area contributed by atoms with Crippen LogP contribution in [0.15, 0.2) is 18.3 Å². The van der Waals surface area contributed by atoms with E-state index in [9.17, 15) is 4.79 Å². The molecular formula is C13H18BrNO3. The quantitative estimate of drug-likeness (QED) is 0.419. The van der Waals surface area contributed by atoms with E-state index in [1.165, 1.54) is 19.8 Å². The summed E-state index contributed by atoms with van der Waals surface area (Å²) in [6.07, 6.45) is 6.07. The van der Waals surface area contributed by atoms with Gasteiger partial charge in [0.15, 0.2) is 5.75 Å². The van der Waals surface area contributed by atoms with Gasteiger partial charge in [-0.15, -0.1) is 0 Å². The second-order valence-corrected chi connectivity index (χ2v) is 4.64. The fourth-order valence-electron chi connectivity index (χ4n) is 1.43. The van der Waals surface area contributed by atoms with Crippen molar-refractivity contribution in [1.82, 2.24) is 4.98 Å². The predicted octanol–water partition coefficient (Wildman–Crippen LogP) is 3.34. The van der Waals surface area contributed by atoms with Crippen molar-refractivity contribution in [3.05, 3.63) is 18.3 Å². The van der Waals surface area contributed by atoms with Gasteiger partial charge < -0.3 is 9.47 Å². The summed E-state index contributed by atoms with van der Waals surface area (Å²) in [5, 5.41) is 1.05. The molecular weight excluding hydrogens is 298 g/mol. The molecule has 0 saturated heterocycles. The Morgan fingerprint density at radius 1 is 1.33 bits per heavy atom. The third kappa shape index (κ3) is 6.00. The van der Waals surface area contributed by atoms with E-state index in [0.29, 0.717) is 12.4 Å². The Morgan fingerprint density at radius 2 is 2.11 bits per heavy atom. The number of aromatic nitrogens is 1. The van der Waals surface area contributed by atoms with Crippen LogP contribution >= 0.6 is 15.9 Å². The molecule has 1 aromatic rings. The number of hydrogen-bond acceptors (Lipinski definition) is 4. The van der Waals surface area contributed by atoms with E-state index in [1.54, 1.807) is 18.3 Å². The lowest BCUT2D eigenvalue weighted by atomic mass is 10.2. The molecule has 0 aliphatic heterocycles. The first-order valence-corrected chi connectivity index (χ1v) is 7.18. The molecule has 0 fully saturated rings. The molecule has 5 heteroatoms. The molecule has 4 nitrogen and oxygen atoms in total. The summed E-state index contributed by atoms with van der Waals surface area (Å²) >= 11 is 3.40. The van der Waals surface area contributed by atoms with Crippen molar-refractivity contribution in [3.63, 3.8) is 0 Å². The monoisotopic (exact) mass is 315 g/mol. The molecule has 0 atom stereocenters. The molecule has 100 valence electrons. The molecule has 0 spiro atoms. The van der Waals surface area contributed by atoms with Crippen LogP contribution in [0.25, 0.3) is 0 Å². The highest BCUT2D eigenvalue weighted by Gasteiger charge is 2.07. The molecule has 18 heavy (non-hydrogen) atoms. The lowest BCUT2D eigenvalue weighted by Crippen LogP contribution is -2.06. The number of unbranched alkanes of at least 4 members (excludes halogenated alkanes) is 3. The van der Waals surface area contributed by atoms with E-state index < -0.39 is 5.97 Å². The van der Waals surface area contributed by atoms with Gasteiger partial charge in [-0.3, -0.25) is 4.79 Å². The van der Waals surface area contributed by atoms with Crippen LogP contribution in [0.1, 0.15) is 32.6 Å². The van der Waals surface area contributed by atoms with E-state index in [0.717, 1.165) is 18.2 Å². The average Bonchev–Trinajstić information content (AvgIpc) is 2.35. The predicted molar refractivity (Wildman–Crippen MR) is 73.3 cm³/mol. The maximum absolute atomic E-state index is 10.9. The van der Waals surface area contributed by atoms with Crippen LogP contribution in [-0.4, -0.2) is 22.9 Å². The van der Waals surface area contributed by atoms with Gasteiger partial charge >= 0.3 is 5.97 Å². The van der Waals surface area contributed by atoms with Gasteiger partial charge in [0, 0.05) is 18.5 Å². The van der Waals surface area contributed by atoms with Crippen LogP contribution in [0, 0.1) is 0 Å². The molecule has 0 bridgehead atoms. The van der Waals surface area contributed by atoms with Gasteiger partial charge in [0.25, 0.3) is 5.88 Å². The largest absolute Gasteiger partial charge is 0.488 e. The van der Waals surface area contributed by atoms with E-state index in [-0.39, 0.29) is 5.88 Å². The number of pyridine rings is 1. The number of alkyl halides is 1. The highest BCUT2D eigenvalue weighted by Crippen LogP contribution is 2.23. The molecule has 0 radical (unpaired) electrons. The van der Waals surface area contributed by atoms with Gasteiger partial charge in [0.2, 0.25) is 0 Å². The normalized spacial score (nSPS) is 10.1. The van der Waals surface area contributed by atoms with Crippen LogP contribution in [0.4, 0.5) is 0 Å². The van der Waals surface area contributed by atoms with Crippen LogP contribution in [0.3, 0.4) is 0 Å². The topological polar surface area (TPSA) is 48.4 Å². The van der Waals surface area contributed by atoms with Gasteiger partial charge in [-0.25, -0.2) is 4.98 Å². The zero-order valence-corrected chi connectivity index (χ0v) is 12.1. The number of esters is 1. The minimum atomic E-state index is -0.393. The van der Waals surface area contributed by atoms with Crippen molar-refractivity contribution in [1.29, 1.82) is 0 Å². The SMILES string of the molecule is CC(=O)Oc1ncccc1OCCCCCCBr. The molecule has 0 N–H and O–H groups in total. The molecule has 0 aliphatic carbocycles. The first-order valence-electron chi connectivity index (χ1n) is 6.06. The molecule has 1 aromatic heterocycles. The fraction of sp³-hybridized carbons (Fsp3) is 0.538. The second kappa shape index (κ2) is 8.91. The van der Waals surface area contributed by atoms with Crippen LogP contribution in [0.2, 0.25) is 0 Å². The maximum atomic E-state index is 10.9. The molecule has 0 amide bonds. The van der Waals surface area contributed by atoms with E-state index >= 15 is 0 Å². The Morgan fingerprint density at radius 3 is 2.83 bits per heavy atom. The van der Waals surface area contributed by atoms with Gasteiger partial charge in [-0.05, 0) is 25.0 Å². The third-order valence-electron chi connectivity index (χ3n) is 2.26. The fourth-order valence-corrected chi connectivity index (χ4v) is 1.83. The number of ether oxygens (including phenoxy) is 2. The van der Waals surface area contributed by atoms with Gasteiger partial charge in [-0.2, -0.15) is 0 Å². The summed E-state index contributed by atoms with van der Waals surface area (Å²) in [6, 6.07) is 3.51. The Balaban J connectivity index is 2.34. The number of carbonyl (C=O) groups excluding carboxylic acids is 1. The second-order valence-electron chi connectivity index (χ2n) is 3.85. The van der Waals surface area contributed by atoms with Gasteiger partial charge in [0.1, 0.15) is 0 Å². The Labute approximate surface area is 116 Å². The highest BCUT2D eigenvalue weighted by atomic mass is 79.9. The number of hydrogen-bond donors (Lipinski definition) is 0. The van der Waals surface area contributed by atoms with Crippen molar-refractivity contribution >= 4 is 21.9 Å². The zero-order chi connectivity index (χ0) is 13.2. The first kappa shape index (κ1) is 15.0. The molecule has 0 aromatic carbocycles. The molecule has 0 aliphatic rings. The summed E-state index contributed by atoms with van der Waals surface area (Å²) in [5.41, 5.74) is 0. The Bertz CT molecular complexity index is 371. The average molecular weight is 316 g/mol. The van der Waals surface area contributed by atoms with E-state index in [4.69, 9.17) is 9.47 Å². The Hall–Kier alpha value is -1.10. The van der Waals surface area contributed by atoms with Crippen molar-refractivity contribution in [2.75, 3.05) is 11.9 Å². The van der Waals surface area contributed by atoms with E-state index in [1.807, 2.05) is 0 Å². The summed E-state index contributed by atoms with van der Waals surface area (Å²) in [5.74, 6) is 0.370. The lowest BCUT2D eigenvalue weighted by molar-refractivity contribution is -0.132. The van der Waals surface area contributed by atoms with Crippen LogP contribution in [-0.2, 0) is 4.79 Å². The number of carbonyl (C=O) groups is 1. The van der Waals surface area contributed by atoms with Crippen LogP contribution in [0.5, 0.6) is 11.6 Å². The first-order chi connectivity index (χ1) is 8.74. The smallest absolute Gasteiger partial charge is 0.309 e. The van der Waals surface area contributed by atoms with Crippen molar-refractivity contribution in [3.8, 4) is 11.6 Å². The van der Waals surface area contributed by atoms with Gasteiger partial charge in [0.05, 0.1) is 6.61 Å². The molecule has 0 saturated carbocycles. The molecule has 0 unspecified atom stereocenters. The summed E-state index contributed by atoms with van der Waals surface area (Å²) < 4.78 is 10.5.